The van der Waals surface area contributed by atoms with Crippen molar-refractivity contribution in [3.05, 3.63) is 40.6 Å². The van der Waals surface area contributed by atoms with Crippen LogP contribution in [-0.4, -0.2) is 83.5 Å². The summed E-state index contributed by atoms with van der Waals surface area (Å²) in [6.07, 6.45) is 0.507. The van der Waals surface area contributed by atoms with Gasteiger partial charge in [-0.3, -0.25) is 24.1 Å². The number of rotatable bonds is 11. The van der Waals surface area contributed by atoms with Gasteiger partial charge in [-0.05, 0) is 50.5 Å². The number of hydrogen-bond donors (Lipinski definition) is 2. The van der Waals surface area contributed by atoms with Crippen LogP contribution in [0.2, 0.25) is 0 Å². The van der Waals surface area contributed by atoms with E-state index in [1.165, 1.54) is 18.7 Å². The number of β-lactam (4-membered cyclic amide) rings is 1. The Balaban J connectivity index is 1.52. The number of ether oxygens (including phenoxy) is 5. The van der Waals surface area contributed by atoms with E-state index in [1.807, 2.05) is 0 Å². The predicted octanol–water partition coefficient (Wildman–Crippen LogP) is 2.25. The van der Waals surface area contributed by atoms with Crippen molar-refractivity contribution in [2.75, 3.05) is 25.8 Å². The number of benzene rings is 1. The van der Waals surface area contributed by atoms with Crippen molar-refractivity contribution in [1.82, 2.24) is 15.5 Å². The van der Waals surface area contributed by atoms with Crippen LogP contribution in [-0.2, 0) is 49.3 Å². The number of esters is 3. The van der Waals surface area contributed by atoms with Crippen molar-refractivity contribution < 1.29 is 52.5 Å². The molecule has 0 radical (unpaired) electrons. The van der Waals surface area contributed by atoms with Gasteiger partial charge in [0.2, 0.25) is 12.7 Å². The van der Waals surface area contributed by atoms with E-state index >= 15 is 0 Å². The molecule has 3 aliphatic heterocycles. The fraction of sp³-hybridized carbons (Fsp3) is 0.533. The zero-order valence-corrected chi connectivity index (χ0v) is 26.6. The summed E-state index contributed by atoms with van der Waals surface area (Å²) >= 11 is 1.25. The molecule has 2 N–H and O–H groups in total. The Morgan fingerprint density at radius 1 is 1.13 bits per heavy atom. The molecule has 3 unspecified atom stereocenters. The lowest BCUT2D eigenvalue weighted by molar-refractivity contribution is -0.168. The second kappa shape index (κ2) is 14.2. The van der Waals surface area contributed by atoms with Gasteiger partial charge in [0, 0.05) is 31.1 Å². The maximum Gasteiger partial charge on any atom is 0.408 e. The van der Waals surface area contributed by atoms with Crippen LogP contribution in [0.3, 0.4) is 0 Å². The lowest BCUT2D eigenvalue weighted by Crippen LogP contribution is -2.71. The average molecular weight is 648 g/mol. The highest BCUT2D eigenvalue weighted by Crippen LogP contribution is 2.41. The third-order valence-corrected chi connectivity index (χ3v) is 8.16. The summed E-state index contributed by atoms with van der Waals surface area (Å²) in [6, 6.07) is 2.87. The molecule has 244 valence electrons. The Hall–Kier alpha value is -4.27. The van der Waals surface area contributed by atoms with Crippen molar-refractivity contribution >= 4 is 47.6 Å². The van der Waals surface area contributed by atoms with Gasteiger partial charge in [0.05, 0.1) is 6.61 Å². The summed E-state index contributed by atoms with van der Waals surface area (Å²) in [4.78, 5) is 77.3. The molecule has 3 aliphatic rings. The van der Waals surface area contributed by atoms with E-state index in [4.69, 9.17) is 23.7 Å². The minimum Gasteiger partial charge on any atom is -0.493 e. The number of alkyl carbamates (subject to hydrolysis) is 1. The van der Waals surface area contributed by atoms with E-state index in [1.54, 1.807) is 45.9 Å². The third-order valence-electron chi connectivity index (χ3n) is 6.82. The van der Waals surface area contributed by atoms with Gasteiger partial charge in [-0.2, -0.15) is 0 Å². The van der Waals surface area contributed by atoms with Crippen LogP contribution in [0, 0.1) is 0 Å². The summed E-state index contributed by atoms with van der Waals surface area (Å²) < 4.78 is 26.1. The average Bonchev–Trinajstić information content (AvgIpc) is 3.44. The van der Waals surface area contributed by atoms with Crippen LogP contribution in [0.4, 0.5) is 4.79 Å². The van der Waals surface area contributed by atoms with Crippen LogP contribution < -0.4 is 15.4 Å². The summed E-state index contributed by atoms with van der Waals surface area (Å²) in [6.45, 7) is 7.65. The molecule has 0 aliphatic carbocycles. The summed E-state index contributed by atoms with van der Waals surface area (Å²) in [5.74, 6) is -2.50. The molecule has 0 aromatic heterocycles. The van der Waals surface area contributed by atoms with Gasteiger partial charge >= 0.3 is 24.0 Å². The van der Waals surface area contributed by atoms with Crippen molar-refractivity contribution in [2.45, 2.75) is 76.9 Å². The van der Waals surface area contributed by atoms with Crippen LogP contribution in [0.1, 0.15) is 64.6 Å². The molecule has 14 nitrogen and oxygen atoms in total. The molecule has 3 atom stereocenters. The number of carbonyl (C=O) groups excluding carboxylic acids is 6. The lowest BCUT2D eigenvalue weighted by Gasteiger charge is -2.49. The van der Waals surface area contributed by atoms with E-state index in [2.05, 4.69) is 10.6 Å². The van der Waals surface area contributed by atoms with Crippen molar-refractivity contribution in [1.29, 1.82) is 0 Å². The van der Waals surface area contributed by atoms with Crippen LogP contribution in [0.25, 0.3) is 0 Å². The predicted molar refractivity (Wildman–Crippen MR) is 158 cm³/mol. The van der Waals surface area contributed by atoms with Crippen molar-refractivity contribution in [2.24, 2.45) is 0 Å². The standard InChI is InChI=1S/C30H37N3O11S/c1-6-7-21(35)42-15-43-28(38)24-19(13-41-16(2)34)14-45-27-23(26(37)33(24)27)31-25(36)22(32-29(39)44-30(3,4)5)18-8-9-20-17(12-18)10-11-40-20/h8-9,12,22-23,27H,6-7,10-11,13-15H2,1-5H3,(H,31,36)(H,32,39). The molecule has 1 saturated heterocycles. The van der Waals surface area contributed by atoms with E-state index in [-0.39, 0.29) is 24.5 Å². The molecule has 1 aromatic carbocycles. The molecule has 1 aromatic rings. The lowest BCUT2D eigenvalue weighted by atomic mass is 9.99. The molecule has 15 heteroatoms. The maximum atomic E-state index is 13.7. The third kappa shape index (κ3) is 8.26. The van der Waals surface area contributed by atoms with Gasteiger partial charge in [-0.1, -0.05) is 13.0 Å². The topological polar surface area (TPSA) is 176 Å². The highest BCUT2D eigenvalue weighted by Gasteiger charge is 2.55. The van der Waals surface area contributed by atoms with Gasteiger partial charge in [0.25, 0.3) is 5.91 Å². The van der Waals surface area contributed by atoms with Crippen molar-refractivity contribution in [3.8, 4) is 5.75 Å². The fourth-order valence-electron chi connectivity index (χ4n) is 4.81. The molecule has 0 saturated carbocycles. The Labute approximate surface area is 264 Å². The molecular formula is C30H37N3O11S. The smallest absolute Gasteiger partial charge is 0.408 e. The molecule has 1 fully saturated rings. The van der Waals surface area contributed by atoms with E-state index in [0.717, 1.165) is 10.5 Å². The normalized spacial score (nSPS) is 19.2. The maximum absolute atomic E-state index is 13.7. The van der Waals surface area contributed by atoms with E-state index in [0.29, 0.717) is 36.3 Å². The van der Waals surface area contributed by atoms with E-state index in [9.17, 15) is 28.8 Å². The molecular weight excluding hydrogens is 610 g/mol. The number of nitrogens with one attached hydrogen (secondary N) is 2. The number of amides is 3. The van der Waals surface area contributed by atoms with Crippen LogP contribution in [0.15, 0.2) is 29.5 Å². The van der Waals surface area contributed by atoms with E-state index < -0.39 is 65.7 Å². The van der Waals surface area contributed by atoms with Gasteiger partial charge in [0.15, 0.2) is 0 Å². The van der Waals surface area contributed by atoms with Gasteiger partial charge < -0.3 is 34.3 Å². The molecule has 4 rings (SSSR count). The Bertz CT molecular complexity index is 1400. The highest BCUT2D eigenvalue weighted by atomic mass is 32.2. The minimum atomic E-state index is -1.21. The van der Waals surface area contributed by atoms with Gasteiger partial charge in [-0.25, -0.2) is 9.59 Å². The summed E-state index contributed by atoms with van der Waals surface area (Å²) in [5, 5.41) is 4.61. The Morgan fingerprint density at radius 2 is 1.89 bits per heavy atom. The summed E-state index contributed by atoms with van der Waals surface area (Å²) in [7, 11) is 0. The second-order valence-electron chi connectivity index (χ2n) is 11.5. The second-order valence-corrected chi connectivity index (χ2v) is 12.6. The Morgan fingerprint density at radius 3 is 2.58 bits per heavy atom. The largest absolute Gasteiger partial charge is 0.493 e. The quantitative estimate of drug-likeness (QED) is 0.155. The first kappa shape index (κ1) is 33.6. The number of fused-ring (bicyclic) bond motifs is 2. The number of hydrogen-bond acceptors (Lipinski definition) is 12. The number of thioether (sulfide) groups is 1. The SMILES string of the molecule is CCCC(=O)OCOC(=O)C1=C(COC(C)=O)CSC2C(NC(=O)C(NC(=O)OC(C)(C)C)c3ccc4c(c3)CCO4)C(=O)N12. The minimum absolute atomic E-state index is 0.145. The molecule has 0 bridgehead atoms. The highest BCUT2D eigenvalue weighted by molar-refractivity contribution is 8.00. The van der Waals surface area contributed by atoms with Crippen molar-refractivity contribution in [3.63, 3.8) is 0 Å². The zero-order valence-electron chi connectivity index (χ0n) is 25.8. The van der Waals surface area contributed by atoms with Gasteiger partial charge in [-0.15, -0.1) is 11.8 Å². The zero-order chi connectivity index (χ0) is 32.9. The van der Waals surface area contributed by atoms with Gasteiger partial charge in [0.1, 0.15) is 41.1 Å². The van der Waals surface area contributed by atoms with Crippen LogP contribution in [0.5, 0.6) is 5.75 Å². The molecule has 0 spiro atoms. The monoisotopic (exact) mass is 647 g/mol. The molecule has 3 heterocycles. The number of nitrogens with zero attached hydrogens (tertiary/aromatic N) is 1. The first-order chi connectivity index (χ1) is 21.3. The van der Waals surface area contributed by atoms with Crippen LogP contribution >= 0.6 is 11.8 Å². The summed E-state index contributed by atoms with van der Waals surface area (Å²) in [5.41, 5.74) is 0.686. The first-order valence-corrected chi connectivity index (χ1v) is 15.5. The molecule has 3 amide bonds. The fourth-order valence-corrected chi connectivity index (χ4v) is 6.14. The molecule has 45 heavy (non-hydrogen) atoms. The first-order valence-electron chi connectivity index (χ1n) is 14.5. The number of carbonyl (C=O) groups is 6. The Kier molecular flexibility index (Phi) is 10.6.